The Morgan fingerprint density at radius 3 is 2.43 bits per heavy atom. The first-order valence-corrected chi connectivity index (χ1v) is 9.66. The molecular formula is C23H28N2O3. The zero-order chi connectivity index (χ0) is 20.3. The van der Waals surface area contributed by atoms with E-state index in [0.29, 0.717) is 18.6 Å². The molecule has 3 rings (SSSR count). The molecule has 2 aromatic rings. The van der Waals surface area contributed by atoms with Gasteiger partial charge in [0.25, 0.3) is 5.91 Å². The smallest absolute Gasteiger partial charge is 0.262 e. The number of aryl methyl sites for hydroxylation is 1. The van der Waals surface area contributed by atoms with Gasteiger partial charge in [-0.15, -0.1) is 0 Å². The third kappa shape index (κ3) is 4.35. The number of carbonyl (C=O) groups is 2. The van der Waals surface area contributed by atoms with E-state index >= 15 is 0 Å². The second-order valence-corrected chi connectivity index (χ2v) is 8.14. The van der Waals surface area contributed by atoms with Gasteiger partial charge in [0.2, 0.25) is 5.91 Å². The standard InChI is InChI=1S/C23H28N2O3/c1-23(2,3)17-12-9-16(10-13-17)11-14-21(26)25-15-20(22(27)24-4)28-19-8-6-5-7-18(19)25/h5-10,12-13,20H,11,14-15H2,1-4H3,(H,24,27)/t20-/m0/s1. The van der Waals surface area contributed by atoms with Gasteiger partial charge >= 0.3 is 0 Å². The number of hydrogen-bond acceptors (Lipinski definition) is 3. The van der Waals surface area contributed by atoms with E-state index in [1.165, 1.54) is 5.56 Å². The topological polar surface area (TPSA) is 58.6 Å². The molecule has 0 bridgehead atoms. The van der Waals surface area contributed by atoms with Gasteiger partial charge in [0.15, 0.2) is 6.10 Å². The largest absolute Gasteiger partial charge is 0.477 e. The molecule has 1 atom stereocenters. The Balaban J connectivity index is 1.71. The van der Waals surface area contributed by atoms with Crippen LogP contribution in [0.15, 0.2) is 48.5 Å². The number of para-hydroxylation sites is 2. The Morgan fingerprint density at radius 2 is 1.79 bits per heavy atom. The molecular weight excluding hydrogens is 352 g/mol. The van der Waals surface area contributed by atoms with Gasteiger partial charge in [-0.05, 0) is 35.1 Å². The van der Waals surface area contributed by atoms with Crippen LogP contribution in [0.1, 0.15) is 38.3 Å². The molecule has 0 spiro atoms. The second kappa shape index (κ2) is 8.05. The highest BCUT2D eigenvalue weighted by atomic mass is 16.5. The molecule has 1 N–H and O–H groups in total. The lowest BCUT2D eigenvalue weighted by Gasteiger charge is -2.34. The number of fused-ring (bicyclic) bond motifs is 1. The van der Waals surface area contributed by atoms with Crippen molar-refractivity contribution < 1.29 is 14.3 Å². The zero-order valence-electron chi connectivity index (χ0n) is 17.0. The molecule has 0 saturated heterocycles. The summed E-state index contributed by atoms with van der Waals surface area (Å²) in [7, 11) is 1.57. The molecule has 0 saturated carbocycles. The van der Waals surface area contributed by atoms with Crippen LogP contribution in [-0.2, 0) is 21.4 Å². The number of benzene rings is 2. The minimum Gasteiger partial charge on any atom is -0.477 e. The first-order chi connectivity index (χ1) is 13.3. The molecule has 148 valence electrons. The Kier molecular flexibility index (Phi) is 5.73. The number of nitrogens with one attached hydrogen (secondary N) is 1. The molecule has 5 heteroatoms. The number of likely N-dealkylation sites (N-methyl/N-ethyl adjacent to an activating group) is 1. The van der Waals surface area contributed by atoms with E-state index in [1.807, 2.05) is 18.2 Å². The maximum atomic E-state index is 13.0. The van der Waals surface area contributed by atoms with Crippen LogP contribution in [0.3, 0.4) is 0 Å². The van der Waals surface area contributed by atoms with Crippen LogP contribution in [0.5, 0.6) is 5.75 Å². The minimum atomic E-state index is -0.699. The number of amides is 2. The van der Waals surface area contributed by atoms with Crippen molar-refractivity contribution in [2.45, 2.75) is 45.1 Å². The second-order valence-electron chi connectivity index (χ2n) is 8.14. The number of hydrogen-bond donors (Lipinski definition) is 1. The van der Waals surface area contributed by atoms with Crippen LogP contribution in [0.25, 0.3) is 0 Å². The predicted octanol–water partition coefficient (Wildman–Crippen LogP) is 3.46. The lowest BCUT2D eigenvalue weighted by Crippen LogP contribution is -2.50. The van der Waals surface area contributed by atoms with E-state index < -0.39 is 6.10 Å². The monoisotopic (exact) mass is 380 g/mol. The van der Waals surface area contributed by atoms with Gasteiger partial charge in [-0.3, -0.25) is 9.59 Å². The Hall–Kier alpha value is -2.82. The van der Waals surface area contributed by atoms with Crippen LogP contribution >= 0.6 is 0 Å². The first kappa shape index (κ1) is 19.9. The predicted molar refractivity (Wildman–Crippen MR) is 111 cm³/mol. The van der Waals surface area contributed by atoms with Crippen molar-refractivity contribution in [2.75, 3.05) is 18.5 Å². The summed E-state index contributed by atoms with van der Waals surface area (Å²) in [5.74, 6) is 0.319. The number of nitrogens with zero attached hydrogens (tertiary/aromatic N) is 1. The summed E-state index contributed by atoms with van der Waals surface area (Å²) in [4.78, 5) is 26.7. The van der Waals surface area contributed by atoms with Crippen molar-refractivity contribution in [1.82, 2.24) is 5.32 Å². The van der Waals surface area contributed by atoms with Crippen LogP contribution < -0.4 is 15.0 Å². The highest BCUT2D eigenvalue weighted by molar-refractivity contribution is 5.97. The zero-order valence-corrected chi connectivity index (χ0v) is 17.0. The molecule has 2 aromatic carbocycles. The van der Waals surface area contributed by atoms with E-state index in [9.17, 15) is 9.59 Å². The third-order valence-corrected chi connectivity index (χ3v) is 5.06. The average Bonchev–Trinajstić information content (AvgIpc) is 2.70. The van der Waals surface area contributed by atoms with Crippen LogP contribution in [0.4, 0.5) is 5.69 Å². The summed E-state index contributed by atoms with van der Waals surface area (Å²) >= 11 is 0. The average molecular weight is 380 g/mol. The van der Waals surface area contributed by atoms with Crippen molar-refractivity contribution >= 4 is 17.5 Å². The molecule has 1 aliphatic rings. The number of anilines is 1. The molecule has 0 radical (unpaired) electrons. The maximum absolute atomic E-state index is 13.0. The molecule has 2 amide bonds. The third-order valence-electron chi connectivity index (χ3n) is 5.06. The molecule has 0 aliphatic carbocycles. The Bertz CT molecular complexity index is 853. The van der Waals surface area contributed by atoms with Gasteiger partial charge in [0.05, 0.1) is 12.2 Å². The van der Waals surface area contributed by atoms with Gasteiger partial charge in [-0.2, -0.15) is 0 Å². The van der Waals surface area contributed by atoms with Gasteiger partial charge < -0.3 is 15.0 Å². The number of rotatable bonds is 4. The summed E-state index contributed by atoms with van der Waals surface area (Å²) in [6.45, 7) is 6.78. The van der Waals surface area contributed by atoms with E-state index in [-0.39, 0.29) is 23.8 Å². The fraction of sp³-hybridized carbons (Fsp3) is 0.391. The van der Waals surface area contributed by atoms with Crippen molar-refractivity contribution in [1.29, 1.82) is 0 Å². The summed E-state index contributed by atoms with van der Waals surface area (Å²) in [5, 5.41) is 2.60. The molecule has 1 heterocycles. The van der Waals surface area contributed by atoms with E-state index in [4.69, 9.17) is 4.74 Å². The van der Waals surface area contributed by atoms with Crippen molar-refractivity contribution in [3.05, 3.63) is 59.7 Å². The SMILES string of the molecule is CNC(=O)[C@@H]1CN(C(=O)CCc2ccc(C(C)(C)C)cc2)c2ccccc2O1. The van der Waals surface area contributed by atoms with Gasteiger partial charge in [0, 0.05) is 13.5 Å². The van der Waals surface area contributed by atoms with E-state index in [0.717, 1.165) is 11.3 Å². The molecule has 5 nitrogen and oxygen atoms in total. The van der Waals surface area contributed by atoms with E-state index in [1.54, 1.807) is 18.0 Å². The van der Waals surface area contributed by atoms with Gasteiger partial charge in [-0.25, -0.2) is 0 Å². The lowest BCUT2D eigenvalue weighted by atomic mass is 9.86. The normalized spacial score (nSPS) is 16.1. The van der Waals surface area contributed by atoms with Gasteiger partial charge in [-0.1, -0.05) is 57.2 Å². The summed E-state index contributed by atoms with van der Waals surface area (Å²) < 4.78 is 5.77. The van der Waals surface area contributed by atoms with Crippen molar-refractivity contribution in [2.24, 2.45) is 0 Å². The Labute approximate surface area is 166 Å². The molecule has 1 aliphatic heterocycles. The fourth-order valence-electron chi connectivity index (χ4n) is 3.33. The molecule has 28 heavy (non-hydrogen) atoms. The highest BCUT2D eigenvalue weighted by Crippen LogP contribution is 2.33. The summed E-state index contributed by atoms with van der Waals surface area (Å²) in [5.41, 5.74) is 3.24. The van der Waals surface area contributed by atoms with Gasteiger partial charge in [0.1, 0.15) is 5.75 Å². The molecule has 0 unspecified atom stereocenters. The van der Waals surface area contributed by atoms with Crippen LogP contribution in [0, 0.1) is 0 Å². The number of carbonyl (C=O) groups excluding carboxylic acids is 2. The van der Waals surface area contributed by atoms with E-state index in [2.05, 4.69) is 50.4 Å². The fourth-order valence-corrected chi connectivity index (χ4v) is 3.33. The molecule has 0 fully saturated rings. The van der Waals surface area contributed by atoms with Crippen LogP contribution in [0.2, 0.25) is 0 Å². The van der Waals surface area contributed by atoms with Crippen molar-refractivity contribution in [3.63, 3.8) is 0 Å². The first-order valence-electron chi connectivity index (χ1n) is 9.66. The van der Waals surface area contributed by atoms with Crippen molar-refractivity contribution in [3.8, 4) is 5.75 Å². The highest BCUT2D eigenvalue weighted by Gasteiger charge is 2.33. The van der Waals surface area contributed by atoms with Crippen LogP contribution in [-0.4, -0.2) is 31.5 Å². The minimum absolute atomic E-state index is 0.00968. The quantitative estimate of drug-likeness (QED) is 0.884. The number of ether oxygens (including phenoxy) is 1. The maximum Gasteiger partial charge on any atom is 0.262 e. The lowest BCUT2D eigenvalue weighted by molar-refractivity contribution is -0.127. The molecule has 0 aromatic heterocycles. The summed E-state index contributed by atoms with van der Waals surface area (Å²) in [6, 6.07) is 15.8. The summed E-state index contributed by atoms with van der Waals surface area (Å²) in [6.07, 6.45) is 0.340. The Morgan fingerprint density at radius 1 is 1.11 bits per heavy atom.